The first-order chi connectivity index (χ1) is 29.4. The third kappa shape index (κ3) is 7.46. The van der Waals surface area contributed by atoms with Crippen molar-refractivity contribution in [3.05, 3.63) is 193 Å². The summed E-state index contributed by atoms with van der Waals surface area (Å²) < 4.78 is 13.4. The van der Waals surface area contributed by atoms with Crippen LogP contribution in [0, 0.1) is 12.1 Å². The zero-order chi connectivity index (χ0) is 40.7. The fourth-order valence-corrected chi connectivity index (χ4v) is 8.44. The van der Waals surface area contributed by atoms with E-state index in [0.29, 0.717) is 17.7 Å². The van der Waals surface area contributed by atoms with E-state index in [2.05, 4.69) is 154 Å². The van der Waals surface area contributed by atoms with Crippen molar-refractivity contribution in [1.82, 2.24) is 9.97 Å². The molecule has 0 aliphatic carbocycles. The number of hydrogen-bond acceptors (Lipinski definition) is 4. The van der Waals surface area contributed by atoms with Crippen LogP contribution in [0.2, 0.25) is 0 Å². The topological polar surface area (TPSA) is 52.1 Å². The molecule has 0 bridgehead atoms. The van der Waals surface area contributed by atoms with Gasteiger partial charge in [0.2, 0.25) is 0 Å². The maximum Gasteiger partial charge on any atom is 0.149 e. The first kappa shape index (κ1) is 39.8. The molecule has 0 amide bonds. The number of nitrogens with zero attached hydrogens (tertiary/aromatic N) is 2. The van der Waals surface area contributed by atoms with Crippen molar-refractivity contribution in [2.45, 2.75) is 39.5 Å². The predicted molar refractivity (Wildman–Crippen MR) is 248 cm³/mol. The monoisotopic (exact) mass is 967 g/mol. The van der Waals surface area contributed by atoms with E-state index >= 15 is 0 Å². The smallest absolute Gasteiger partial charge is 0.149 e. The van der Waals surface area contributed by atoms with E-state index in [-0.39, 0.29) is 20.1 Å². The number of furan rings is 1. The third-order valence-electron chi connectivity index (χ3n) is 11.4. The van der Waals surface area contributed by atoms with Gasteiger partial charge in [-0.05, 0) is 96.7 Å². The summed E-state index contributed by atoms with van der Waals surface area (Å²) in [4.78, 5) is 9.26. The summed E-state index contributed by atoms with van der Waals surface area (Å²) in [5, 5.41) is 6.89. The summed E-state index contributed by atoms with van der Waals surface area (Å²) in [5.74, 6) is 1.13. The summed E-state index contributed by atoms with van der Waals surface area (Å²) in [6, 6.07) is 63.2. The Morgan fingerprint density at radius 2 is 1.28 bits per heavy atom. The molecule has 0 aliphatic heterocycles. The molecule has 3 heterocycles. The third-order valence-corrected chi connectivity index (χ3v) is 11.4. The number of fused-ring (bicyclic) bond motifs is 7. The molecule has 0 N–H and O–H groups in total. The fraction of sp³-hybridized carbons (Fsp3) is 0.107. The minimum atomic E-state index is 0. The quantitative estimate of drug-likeness (QED) is 0.123. The second-order valence-electron chi connectivity index (χ2n) is 15.9. The average molecular weight is 967 g/mol. The molecule has 0 spiro atoms. The van der Waals surface area contributed by atoms with Crippen molar-refractivity contribution >= 4 is 54.6 Å². The van der Waals surface area contributed by atoms with E-state index in [1.807, 2.05) is 54.6 Å². The van der Waals surface area contributed by atoms with Crippen molar-refractivity contribution in [1.29, 1.82) is 0 Å². The van der Waals surface area contributed by atoms with Crippen LogP contribution in [0.5, 0.6) is 0 Å². The predicted octanol–water partition coefficient (Wildman–Crippen LogP) is 15.6. The molecule has 1 radical (unpaired) electrons. The van der Waals surface area contributed by atoms with Gasteiger partial charge in [-0.25, -0.2) is 0 Å². The van der Waals surface area contributed by atoms with Crippen LogP contribution in [-0.4, -0.2) is 9.97 Å². The standard InChI is InChI=1S/C45H34NO2.C11H8N.Ir/c1-26(2)36-23-31(28-12-6-5-7-13-28)24-37(27(3)4)42(36)34-17-11-19-40-44(34)48-45(46-40)35-18-10-16-33-39-22-30-21-20-29-14-8-9-15-32(29)38(30)25-41(39)47-43(33)35;1-2-6-10(7-3-1)11-8-4-5-9-12-11;/h5-17,19-27H,1-4H3;1-6,8-9H;/q2*-1;. The summed E-state index contributed by atoms with van der Waals surface area (Å²) in [7, 11) is 0. The van der Waals surface area contributed by atoms with Gasteiger partial charge in [0.1, 0.15) is 17.1 Å². The molecule has 0 unspecified atom stereocenters. The van der Waals surface area contributed by atoms with Crippen LogP contribution in [-0.2, 0) is 20.1 Å². The van der Waals surface area contributed by atoms with Crippen LogP contribution in [0.1, 0.15) is 50.7 Å². The van der Waals surface area contributed by atoms with Gasteiger partial charge in [0.05, 0.1) is 11.1 Å². The van der Waals surface area contributed by atoms with Crippen molar-refractivity contribution in [2.75, 3.05) is 0 Å². The Morgan fingerprint density at radius 1 is 0.525 bits per heavy atom. The minimum Gasteiger partial charge on any atom is -0.500 e. The Balaban J connectivity index is 0.000000316. The number of benzene rings is 8. The molecular weight excluding hydrogens is 925 g/mol. The molecule has 11 rings (SSSR count). The zero-order valence-corrected chi connectivity index (χ0v) is 36.8. The molecule has 0 saturated heterocycles. The molecule has 5 heteroatoms. The Labute approximate surface area is 369 Å². The van der Waals surface area contributed by atoms with Gasteiger partial charge in [-0.1, -0.05) is 136 Å². The van der Waals surface area contributed by atoms with Gasteiger partial charge in [-0.3, -0.25) is 4.98 Å². The van der Waals surface area contributed by atoms with Gasteiger partial charge in [-0.15, -0.1) is 54.1 Å². The van der Waals surface area contributed by atoms with Gasteiger partial charge >= 0.3 is 0 Å². The van der Waals surface area contributed by atoms with E-state index in [0.717, 1.165) is 55.4 Å². The van der Waals surface area contributed by atoms with Gasteiger partial charge in [0.25, 0.3) is 0 Å². The average Bonchev–Trinajstić information content (AvgIpc) is 3.91. The molecule has 61 heavy (non-hydrogen) atoms. The summed E-state index contributed by atoms with van der Waals surface area (Å²) in [6.45, 7) is 9.08. The van der Waals surface area contributed by atoms with E-state index in [9.17, 15) is 0 Å². The minimum absolute atomic E-state index is 0. The number of para-hydroxylation sites is 1. The zero-order valence-electron chi connectivity index (χ0n) is 34.4. The van der Waals surface area contributed by atoms with Crippen LogP contribution < -0.4 is 0 Å². The van der Waals surface area contributed by atoms with E-state index in [1.165, 1.54) is 49.4 Å². The number of hydrogen-bond donors (Lipinski definition) is 0. The normalized spacial score (nSPS) is 11.4. The van der Waals surface area contributed by atoms with Gasteiger partial charge in [0.15, 0.2) is 0 Å². The van der Waals surface area contributed by atoms with E-state index in [1.54, 1.807) is 6.20 Å². The Kier molecular flexibility index (Phi) is 10.9. The molecule has 4 nitrogen and oxygen atoms in total. The molecule has 8 aromatic carbocycles. The molecule has 0 saturated carbocycles. The van der Waals surface area contributed by atoms with E-state index < -0.39 is 0 Å². The number of oxazole rings is 1. The Hall–Kier alpha value is -6.65. The van der Waals surface area contributed by atoms with Gasteiger partial charge < -0.3 is 13.8 Å². The van der Waals surface area contributed by atoms with Crippen molar-refractivity contribution in [3.8, 4) is 45.0 Å². The molecule has 0 fully saturated rings. The van der Waals surface area contributed by atoms with Crippen LogP contribution in [0.25, 0.3) is 99.5 Å². The molecule has 0 atom stereocenters. The maximum atomic E-state index is 6.76. The van der Waals surface area contributed by atoms with Crippen LogP contribution in [0.4, 0.5) is 0 Å². The molecule has 3 aromatic heterocycles. The second kappa shape index (κ2) is 16.8. The summed E-state index contributed by atoms with van der Waals surface area (Å²) in [6.07, 6.45) is 1.79. The SMILES string of the molecule is CC(C)c1cc(-c2ccccc2)cc(C(C)C)c1-c1cccc2nc(-c3[c-]ccc4c3oc3cc5c(ccc6ccccc65)cc34)oc12.[Ir].[c-]1ccccc1-c1ccccn1. The van der Waals surface area contributed by atoms with Crippen molar-refractivity contribution in [3.63, 3.8) is 0 Å². The molecular formula is C56H42IrN2O2-2. The van der Waals surface area contributed by atoms with Gasteiger partial charge in [-0.2, -0.15) is 0 Å². The van der Waals surface area contributed by atoms with Crippen LogP contribution >= 0.6 is 0 Å². The van der Waals surface area contributed by atoms with Gasteiger partial charge in [0, 0.05) is 37.3 Å². The number of rotatable bonds is 6. The van der Waals surface area contributed by atoms with Crippen molar-refractivity contribution < 1.29 is 28.9 Å². The van der Waals surface area contributed by atoms with E-state index in [4.69, 9.17) is 13.8 Å². The first-order valence-electron chi connectivity index (χ1n) is 20.6. The van der Waals surface area contributed by atoms with Crippen LogP contribution in [0.15, 0.2) is 179 Å². The number of aromatic nitrogens is 2. The fourth-order valence-electron chi connectivity index (χ4n) is 8.44. The van der Waals surface area contributed by atoms with Crippen molar-refractivity contribution in [2.24, 2.45) is 0 Å². The maximum absolute atomic E-state index is 6.76. The summed E-state index contributed by atoms with van der Waals surface area (Å²) in [5.41, 5.74) is 13.3. The van der Waals surface area contributed by atoms with Crippen LogP contribution in [0.3, 0.4) is 0 Å². The molecule has 299 valence electrons. The second-order valence-corrected chi connectivity index (χ2v) is 15.9. The molecule has 0 aliphatic rings. The summed E-state index contributed by atoms with van der Waals surface area (Å²) >= 11 is 0. The number of pyridine rings is 1. The Morgan fingerprint density at radius 3 is 2.03 bits per heavy atom. The Bertz CT molecular complexity index is 3250. The first-order valence-corrected chi connectivity index (χ1v) is 20.6. The molecule has 11 aromatic rings. The largest absolute Gasteiger partial charge is 0.500 e.